The molecule has 0 aliphatic carbocycles. The lowest BCUT2D eigenvalue weighted by Gasteiger charge is -2.10. The molecule has 0 atom stereocenters. The maximum atomic E-state index is 11.8. The number of amides is 2. The molecule has 2 aromatic carbocycles. The molecule has 0 aromatic heterocycles. The molecule has 0 heterocycles. The van der Waals surface area contributed by atoms with Gasteiger partial charge in [0.2, 0.25) is 0 Å². The van der Waals surface area contributed by atoms with Gasteiger partial charge in [-0.3, -0.25) is 20.4 Å². The summed E-state index contributed by atoms with van der Waals surface area (Å²) in [6.45, 7) is -0.565. The molecule has 9 heteroatoms. The minimum atomic E-state index is -0.750. The van der Waals surface area contributed by atoms with Gasteiger partial charge in [0, 0.05) is 11.6 Å². The first-order chi connectivity index (χ1) is 13.9. The molecule has 0 saturated carbocycles. The molecular formula is C20H19ClN2O6. The Morgan fingerprint density at radius 2 is 1.76 bits per heavy atom. The highest BCUT2D eigenvalue weighted by atomic mass is 35.5. The van der Waals surface area contributed by atoms with Crippen LogP contribution < -0.4 is 20.3 Å². The molecule has 0 spiro atoms. The summed E-state index contributed by atoms with van der Waals surface area (Å²) >= 11 is 6.09. The van der Waals surface area contributed by atoms with Crippen LogP contribution in [0.4, 0.5) is 0 Å². The van der Waals surface area contributed by atoms with Crippen molar-refractivity contribution < 1.29 is 28.6 Å². The lowest BCUT2D eigenvalue weighted by molar-refractivity contribution is -0.144. The second kappa shape index (κ2) is 10.7. The average molecular weight is 419 g/mol. The average Bonchev–Trinajstić information content (AvgIpc) is 2.74. The van der Waals surface area contributed by atoms with Gasteiger partial charge in [-0.1, -0.05) is 29.8 Å². The van der Waals surface area contributed by atoms with E-state index in [9.17, 15) is 14.4 Å². The highest BCUT2D eigenvalue weighted by Gasteiger charge is 2.11. The van der Waals surface area contributed by atoms with E-state index >= 15 is 0 Å². The lowest BCUT2D eigenvalue weighted by Crippen LogP contribution is -2.43. The van der Waals surface area contributed by atoms with Gasteiger partial charge in [-0.2, -0.15) is 0 Å². The number of halogens is 1. The third kappa shape index (κ3) is 6.54. The van der Waals surface area contributed by atoms with Crippen molar-refractivity contribution in [2.45, 2.75) is 0 Å². The number of benzene rings is 2. The molecular weight excluding hydrogens is 400 g/mol. The molecule has 0 aliphatic heterocycles. The summed E-state index contributed by atoms with van der Waals surface area (Å²) in [4.78, 5) is 35.3. The Balaban J connectivity index is 1.82. The van der Waals surface area contributed by atoms with Gasteiger partial charge in [-0.15, -0.1) is 0 Å². The van der Waals surface area contributed by atoms with Crippen LogP contribution in [0.2, 0.25) is 5.02 Å². The minimum Gasteiger partial charge on any atom is -0.493 e. The molecule has 0 aliphatic rings. The first-order valence-electron chi connectivity index (χ1n) is 8.35. The highest BCUT2D eigenvalue weighted by Crippen LogP contribution is 2.36. The van der Waals surface area contributed by atoms with Crippen molar-refractivity contribution in [3.8, 4) is 11.5 Å². The third-order valence-corrected chi connectivity index (χ3v) is 3.85. The maximum absolute atomic E-state index is 11.8. The SMILES string of the molecule is COc1cc(/C=C/C(=O)OCC(=O)NNC(=O)c2ccccc2)cc(Cl)c1OC. The molecule has 0 unspecified atom stereocenters. The Bertz CT molecular complexity index is 915. The monoisotopic (exact) mass is 418 g/mol. The number of hydrogen-bond donors (Lipinski definition) is 2. The van der Waals surface area contributed by atoms with Gasteiger partial charge in [-0.25, -0.2) is 4.79 Å². The Morgan fingerprint density at radius 3 is 2.41 bits per heavy atom. The number of hydrazine groups is 1. The van der Waals surface area contributed by atoms with E-state index in [4.69, 9.17) is 25.8 Å². The quantitative estimate of drug-likeness (QED) is 0.406. The summed E-state index contributed by atoms with van der Waals surface area (Å²) in [5.41, 5.74) is 5.33. The molecule has 0 radical (unpaired) electrons. The number of hydrogen-bond acceptors (Lipinski definition) is 6. The second-order valence-corrected chi connectivity index (χ2v) is 5.95. The van der Waals surface area contributed by atoms with Crippen LogP contribution in [0.1, 0.15) is 15.9 Å². The number of esters is 1. The standard InChI is InChI=1S/C20H19ClN2O6/c1-27-16-11-13(10-15(21)19(16)28-2)8-9-18(25)29-12-17(24)22-23-20(26)14-6-4-3-5-7-14/h3-11H,12H2,1-2H3,(H,22,24)(H,23,26)/b9-8+. The molecule has 29 heavy (non-hydrogen) atoms. The molecule has 0 fully saturated rings. The predicted molar refractivity (Wildman–Crippen MR) is 107 cm³/mol. The zero-order valence-electron chi connectivity index (χ0n) is 15.7. The normalized spacial score (nSPS) is 10.3. The zero-order chi connectivity index (χ0) is 21.2. The van der Waals surface area contributed by atoms with Crippen LogP contribution in [0.3, 0.4) is 0 Å². The fourth-order valence-electron chi connectivity index (χ4n) is 2.21. The first kappa shape index (κ1) is 21.8. The Kier molecular flexibility index (Phi) is 8.05. The molecule has 0 bridgehead atoms. The van der Waals surface area contributed by atoms with Gasteiger partial charge in [0.05, 0.1) is 19.2 Å². The van der Waals surface area contributed by atoms with Crippen molar-refractivity contribution >= 4 is 35.5 Å². The van der Waals surface area contributed by atoms with Crippen LogP contribution in [0.5, 0.6) is 11.5 Å². The molecule has 2 N–H and O–H groups in total. The van der Waals surface area contributed by atoms with Crippen molar-refractivity contribution in [1.29, 1.82) is 0 Å². The van der Waals surface area contributed by atoms with Gasteiger partial charge in [0.25, 0.3) is 11.8 Å². The summed E-state index contributed by atoms with van der Waals surface area (Å²) in [7, 11) is 2.93. The topological polar surface area (TPSA) is 103 Å². The molecule has 152 valence electrons. The Labute approximate surface area is 172 Å². The minimum absolute atomic E-state index is 0.313. The summed E-state index contributed by atoms with van der Waals surface area (Å²) in [5.74, 6) is -1.15. The number of rotatable bonds is 7. The van der Waals surface area contributed by atoms with Gasteiger partial charge in [-0.05, 0) is 35.9 Å². The number of carbonyl (C=O) groups excluding carboxylic acids is 3. The molecule has 0 saturated heterocycles. The Morgan fingerprint density at radius 1 is 1.03 bits per heavy atom. The number of carbonyl (C=O) groups is 3. The summed E-state index contributed by atoms with van der Waals surface area (Å²) in [6, 6.07) is 11.5. The number of ether oxygens (including phenoxy) is 3. The number of nitrogens with one attached hydrogen (secondary N) is 2. The van der Waals surface area contributed by atoms with Crippen molar-refractivity contribution in [3.05, 3.63) is 64.7 Å². The van der Waals surface area contributed by atoms with Crippen LogP contribution in [0, 0.1) is 0 Å². The highest BCUT2D eigenvalue weighted by molar-refractivity contribution is 6.32. The predicted octanol–water partition coefficient (Wildman–Crippen LogP) is 2.37. The van der Waals surface area contributed by atoms with E-state index < -0.39 is 24.4 Å². The smallest absolute Gasteiger partial charge is 0.331 e. The molecule has 2 rings (SSSR count). The van der Waals surface area contributed by atoms with Crippen LogP contribution in [-0.2, 0) is 14.3 Å². The first-order valence-corrected chi connectivity index (χ1v) is 8.73. The van der Waals surface area contributed by atoms with Gasteiger partial charge in [0.1, 0.15) is 0 Å². The van der Waals surface area contributed by atoms with Crippen molar-refractivity contribution in [3.63, 3.8) is 0 Å². The van der Waals surface area contributed by atoms with E-state index in [2.05, 4.69) is 10.9 Å². The number of methoxy groups -OCH3 is 2. The maximum Gasteiger partial charge on any atom is 0.331 e. The van der Waals surface area contributed by atoms with Crippen LogP contribution >= 0.6 is 11.6 Å². The van der Waals surface area contributed by atoms with Crippen LogP contribution in [0.15, 0.2) is 48.5 Å². The van der Waals surface area contributed by atoms with E-state index in [1.54, 1.807) is 42.5 Å². The largest absolute Gasteiger partial charge is 0.493 e. The van der Waals surface area contributed by atoms with E-state index in [-0.39, 0.29) is 0 Å². The zero-order valence-corrected chi connectivity index (χ0v) is 16.5. The van der Waals surface area contributed by atoms with Crippen molar-refractivity contribution in [2.75, 3.05) is 20.8 Å². The van der Waals surface area contributed by atoms with Gasteiger partial charge >= 0.3 is 5.97 Å². The molecule has 2 aromatic rings. The van der Waals surface area contributed by atoms with E-state index in [0.717, 1.165) is 6.08 Å². The van der Waals surface area contributed by atoms with E-state index in [1.165, 1.54) is 20.3 Å². The summed E-state index contributed by atoms with van der Waals surface area (Å²) in [6.07, 6.45) is 2.58. The fraction of sp³-hybridized carbons (Fsp3) is 0.150. The van der Waals surface area contributed by atoms with Crippen LogP contribution in [-0.4, -0.2) is 38.6 Å². The molecule has 2 amide bonds. The van der Waals surface area contributed by atoms with Crippen molar-refractivity contribution in [1.82, 2.24) is 10.9 Å². The third-order valence-electron chi connectivity index (χ3n) is 3.56. The van der Waals surface area contributed by atoms with E-state index in [0.29, 0.717) is 27.6 Å². The van der Waals surface area contributed by atoms with E-state index in [1.807, 2.05) is 0 Å². The molecule has 8 nitrogen and oxygen atoms in total. The lowest BCUT2D eigenvalue weighted by atomic mass is 10.2. The fourth-order valence-corrected chi connectivity index (χ4v) is 2.50. The summed E-state index contributed by atoms with van der Waals surface area (Å²) in [5, 5.41) is 0.313. The second-order valence-electron chi connectivity index (χ2n) is 5.55. The van der Waals surface area contributed by atoms with Gasteiger partial charge < -0.3 is 14.2 Å². The Hall–Kier alpha value is -3.52. The van der Waals surface area contributed by atoms with Crippen LogP contribution in [0.25, 0.3) is 6.08 Å². The van der Waals surface area contributed by atoms with Gasteiger partial charge in [0.15, 0.2) is 18.1 Å². The summed E-state index contributed by atoms with van der Waals surface area (Å²) < 4.78 is 15.1. The van der Waals surface area contributed by atoms with Crippen molar-refractivity contribution in [2.24, 2.45) is 0 Å².